The minimum absolute atomic E-state index is 0. The van der Waals surface area contributed by atoms with Gasteiger partial charge in [-0.3, -0.25) is 0 Å². The number of benzene rings is 4. The van der Waals surface area contributed by atoms with Crippen LogP contribution in [0.2, 0.25) is 0 Å². The molecule has 0 fully saturated rings. The number of rotatable bonds is 3. The molecule has 0 amide bonds. The van der Waals surface area contributed by atoms with Crippen molar-refractivity contribution in [2.45, 2.75) is 14.7 Å². The van der Waals surface area contributed by atoms with Crippen molar-refractivity contribution in [3.63, 3.8) is 0 Å². The second-order valence-corrected chi connectivity index (χ2v) is 10.1. The summed E-state index contributed by atoms with van der Waals surface area (Å²) in [6.45, 7) is 0. The largest absolute Gasteiger partial charge is 1.00 e. The molecule has 0 aromatic heterocycles. The Morgan fingerprint density at radius 2 is 0.871 bits per heavy atom. The molecule has 0 saturated heterocycles. The average molecular weight is 508 g/mol. The van der Waals surface area contributed by atoms with Crippen LogP contribution in [0.1, 0.15) is 0 Å². The summed E-state index contributed by atoms with van der Waals surface area (Å²) in [4.78, 5) is -2.27. The molecule has 4 rings (SSSR count). The summed E-state index contributed by atoms with van der Waals surface area (Å²) in [7, 11) is -15.2. The maximum Gasteiger partial charge on any atom is 1.00 e. The van der Waals surface area contributed by atoms with Gasteiger partial charge in [-0.2, -0.15) is 0 Å². The zero-order valence-electron chi connectivity index (χ0n) is 16.4. The van der Waals surface area contributed by atoms with Crippen LogP contribution in [0.3, 0.4) is 0 Å². The SMILES string of the molecule is O=S(=O)([O-])c1ccc2ccc3c(S(=O)(=O)[O-])ccc4c(S(=O)(=O)[O-])cc1c2c34.[Na+].[Na+].[Na+]. The van der Waals surface area contributed by atoms with Crippen LogP contribution in [0.15, 0.2) is 57.2 Å². The predicted molar refractivity (Wildman–Crippen MR) is 94.0 cm³/mol. The molecular formula is C16H7Na3O9S3. The minimum Gasteiger partial charge on any atom is -0.744 e. The molecule has 4 aromatic carbocycles. The molecule has 0 spiro atoms. The van der Waals surface area contributed by atoms with E-state index in [1.54, 1.807) is 0 Å². The molecule has 0 saturated carbocycles. The van der Waals surface area contributed by atoms with E-state index in [0.29, 0.717) is 5.39 Å². The normalized spacial score (nSPS) is 12.4. The first-order valence-electron chi connectivity index (χ1n) is 7.42. The molecule has 9 nitrogen and oxygen atoms in total. The van der Waals surface area contributed by atoms with Crippen LogP contribution in [0.4, 0.5) is 0 Å². The second kappa shape index (κ2) is 9.72. The molecule has 0 bridgehead atoms. The fourth-order valence-electron chi connectivity index (χ4n) is 3.44. The van der Waals surface area contributed by atoms with Gasteiger partial charge in [-0.1, -0.05) is 24.3 Å². The fraction of sp³-hybridized carbons (Fsp3) is 0. The zero-order chi connectivity index (χ0) is 20.6. The van der Waals surface area contributed by atoms with Crippen molar-refractivity contribution in [1.82, 2.24) is 0 Å². The molecule has 4 aromatic rings. The van der Waals surface area contributed by atoms with E-state index in [0.717, 1.165) is 24.3 Å². The summed E-state index contributed by atoms with van der Waals surface area (Å²) in [6.07, 6.45) is 0. The van der Waals surface area contributed by atoms with Gasteiger partial charge in [0.15, 0.2) is 0 Å². The van der Waals surface area contributed by atoms with Gasteiger partial charge < -0.3 is 13.7 Å². The molecule has 0 heterocycles. The van der Waals surface area contributed by atoms with Crippen LogP contribution in [0.25, 0.3) is 32.3 Å². The Bertz CT molecular complexity index is 1630. The van der Waals surface area contributed by atoms with Gasteiger partial charge in [0.25, 0.3) is 0 Å². The molecular weight excluding hydrogens is 501 g/mol. The second-order valence-electron chi connectivity index (χ2n) is 6.05. The standard InChI is InChI=1S/C16H10O9S3.3Na/c17-26(18,19)12-6-4-10-14(28(23,24)25)7-11-13(27(20,21)22)5-2-8-1-3-9(12)16(10)15(8)11;;;/h1-7H,(H,17,18,19)(H,20,21,22)(H,23,24,25);;;/q;3*+1/p-3. The Hall–Kier alpha value is 0.650. The summed E-state index contributed by atoms with van der Waals surface area (Å²) in [5.74, 6) is 0. The Kier molecular flexibility index (Phi) is 9.31. The molecule has 0 aliphatic heterocycles. The summed E-state index contributed by atoms with van der Waals surface area (Å²) < 4.78 is 105. The minimum atomic E-state index is -5.14. The van der Waals surface area contributed by atoms with Gasteiger partial charge in [0.2, 0.25) is 0 Å². The summed E-state index contributed by atoms with van der Waals surface area (Å²) in [5, 5.41) is -0.406. The van der Waals surface area contributed by atoms with E-state index in [4.69, 9.17) is 0 Å². The van der Waals surface area contributed by atoms with E-state index in [-0.39, 0.29) is 116 Å². The summed E-state index contributed by atoms with van der Waals surface area (Å²) in [5.41, 5.74) is 0. The van der Waals surface area contributed by atoms with Crippen molar-refractivity contribution in [2.75, 3.05) is 0 Å². The van der Waals surface area contributed by atoms with Crippen LogP contribution >= 0.6 is 0 Å². The van der Waals surface area contributed by atoms with Crippen LogP contribution in [-0.4, -0.2) is 38.9 Å². The fourth-order valence-corrected chi connectivity index (χ4v) is 5.48. The predicted octanol–water partition coefficient (Wildman–Crippen LogP) is -7.69. The third-order valence-electron chi connectivity index (χ3n) is 4.47. The van der Waals surface area contributed by atoms with Crippen molar-refractivity contribution in [2.24, 2.45) is 0 Å². The van der Waals surface area contributed by atoms with E-state index in [1.807, 2.05) is 0 Å². The van der Waals surface area contributed by atoms with Gasteiger partial charge in [-0.05, 0) is 34.4 Å². The molecule has 0 aliphatic carbocycles. The molecule has 0 N–H and O–H groups in total. The van der Waals surface area contributed by atoms with Gasteiger partial charge >= 0.3 is 88.7 Å². The van der Waals surface area contributed by atoms with E-state index in [9.17, 15) is 38.9 Å². The quantitative estimate of drug-likeness (QED) is 0.148. The monoisotopic (exact) mass is 508 g/mol. The molecule has 15 heteroatoms. The third kappa shape index (κ3) is 5.19. The van der Waals surface area contributed by atoms with Crippen LogP contribution in [0, 0.1) is 0 Å². The number of hydrogen-bond acceptors (Lipinski definition) is 9. The topological polar surface area (TPSA) is 172 Å². The molecule has 0 radical (unpaired) electrons. The summed E-state index contributed by atoms with van der Waals surface area (Å²) in [6, 6.07) is 7.56. The van der Waals surface area contributed by atoms with Gasteiger partial charge in [0, 0.05) is 16.2 Å². The molecule has 146 valence electrons. The number of hydrogen-bond donors (Lipinski definition) is 0. The van der Waals surface area contributed by atoms with Crippen molar-refractivity contribution < 1.29 is 128 Å². The Morgan fingerprint density at radius 1 is 0.484 bits per heavy atom. The van der Waals surface area contributed by atoms with Crippen LogP contribution < -0.4 is 88.7 Å². The molecule has 31 heavy (non-hydrogen) atoms. The van der Waals surface area contributed by atoms with Gasteiger partial charge in [0.05, 0.1) is 14.7 Å². The van der Waals surface area contributed by atoms with E-state index in [1.165, 1.54) is 18.2 Å². The Labute approximate surface area is 244 Å². The first-order chi connectivity index (χ1) is 12.8. The van der Waals surface area contributed by atoms with Crippen LogP contribution in [-0.2, 0) is 30.4 Å². The average Bonchev–Trinajstić information content (AvgIpc) is 2.55. The molecule has 0 unspecified atom stereocenters. The van der Waals surface area contributed by atoms with Gasteiger partial charge in [0.1, 0.15) is 30.4 Å². The molecule has 0 atom stereocenters. The zero-order valence-corrected chi connectivity index (χ0v) is 24.9. The maximum atomic E-state index is 11.8. The van der Waals surface area contributed by atoms with E-state index < -0.39 is 45.0 Å². The smallest absolute Gasteiger partial charge is 0.744 e. The summed E-state index contributed by atoms with van der Waals surface area (Å²) >= 11 is 0. The first-order valence-corrected chi connectivity index (χ1v) is 11.6. The van der Waals surface area contributed by atoms with Crippen molar-refractivity contribution in [3.05, 3.63) is 42.5 Å². The van der Waals surface area contributed by atoms with E-state index >= 15 is 0 Å². The van der Waals surface area contributed by atoms with Gasteiger partial charge in [-0.15, -0.1) is 0 Å². The van der Waals surface area contributed by atoms with Gasteiger partial charge in [-0.25, -0.2) is 25.3 Å². The third-order valence-corrected chi connectivity index (χ3v) is 7.14. The first kappa shape index (κ1) is 29.7. The van der Waals surface area contributed by atoms with Crippen molar-refractivity contribution in [1.29, 1.82) is 0 Å². The Morgan fingerprint density at radius 3 is 1.39 bits per heavy atom. The maximum absolute atomic E-state index is 11.8. The van der Waals surface area contributed by atoms with E-state index in [2.05, 4.69) is 0 Å². The molecule has 0 aliphatic rings. The van der Waals surface area contributed by atoms with Crippen LogP contribution in [0.5, 0.6) is 0 Å². The van der Waals surface area contributed by atoms with Crippen molar-refractivity contribution in [3.8, 4) is 0 Å². The Balaban J connectivity index is 0.00000160. The van der Waals surface area contributed by atoms with Crippen molar-refractivity contribution >= 4 is 62.7 Å².